The van der Waals surface area contributed by atoms with Crippen molar-refractivity contribution in [3.8, 4) is 0 Å². The zero-order valence-electron chi connectivity index (χ0n) is 13.8. The number of Topliss-reactive ketones (excluding diaryl/α,β-unsaturated/α-hetero) is 1. The van der Waals surface area contributed by atoms with Crippen LogP contribution >= 0.6 is 31.9 Å². The lowest BCUT2D eigenvalue weighted by Crippen LogP contribution is -2.44. The van der Waals surface area contributed by atoms with Gasteiger partial charge in [0.05, 0.1) is 0 Å². The first-order chi connectivity index (χ1) is 11.5. The normalized spacial score (nSPS) is 24.4. The van der Waals surface area contributed by atoms with Crippen molar-refractivity contribution >= 4 is 37.6 Å². The second-order valence-electron chi connectivity index (χ2n) is 6.74. The van der Waals surface area contributed by atoms with Gasteiger partial charge in [0.15, 0.2) is 0 Å². The molecule has 4 heteroatoms. The molecule has 0 spiro atoms. The number of hydrogen-bond donors (Lipinski definition) is 1. The molecule has 126 valence electrons. The second-order valence-corrected chi connectivity index (χ2v) is 8.57. The highest BCUT2D eigenvalue weighted by molar-refractivity contribution is 9.10. The third kappa shape index (κ3) is 3.81. The fourth-order valence-electron chi connectivity index (χ4n) is 3.54. The molecule has 0 saturated carbocycles. The molecule has 1 saturated heterocycles. The van der Waals surface area contributed by atoms with Gasteiger partial charge in [0.2, 0.25) is 0 Å². The molecule has 2 aromatic rings. The number of ketones is 1. The maximum Gasteiger partial charge on any atom is 0.140 e. The Kier molecular flexibility index (Phi) is 5.58. The Morgan fingerprint density at radius 2 is 1.42 bits per heavy atom. The number of benzene rings is 2. The highest BCUT2D eigenvalue weighted by atomic mass is 79.9. The van der Waals surface area contributed by atoms with Crippen LogP contribution in [0.2, 0.25) is 0 Å². The molecule has 2 aromatic carbocycles. The van der Waals surface area contributed by atoms with Gasteiger partial charge in [0.25, 0.3) is 0 Å². The lowest BCUT2D eigenvalue weighted by atomic mass is 9.75. The molecule has 3 atom stereocenters. The zero-order valence-corrected chi connectivity index (χ0v) is 17.0. The Hall–Kier alpha value is -0.970. The molecule has 3 rings (SSSR count). The minimum Gasteiger partial charge on any atom is -0.302 e. The Bertz CT molecular complexity index is 709. The number of carbonyl (C=O) groups is 1. The summed E-state index contributed by atoms with van der Waals surface area (Å²) in [6.45, 7) is 4.27. The summed E-state index contributed by atoms with van der Waals surface area (Å²) in [4.78, 5) is 12.9. The van der Waals surface area contributed by atoms with Crippen LogP contribution < -0.4 is 5.32 Å². The summed E-state index contributed by atoms with van der Waals surface area (Å²) in [7, 11) is 0. The Labute approximate surface area is 160 Å². The van der Waals surface area contributed by atoms with E-state index in [9.17, 15) is 4.79 Å². The lowest BCUT2D eigenvalue weighted by molar-refractivity contribution is -0.128. The monoisotopic (exact) mass is 449 g/mol. The highest BCUT2D eigenvalue weighted by Crippen LogP contribution is 2.39. The van der Waals surface area contributed by atoms with Crippen molar-refractivity contribution in [2.24, 2.45) is 11.8 Å². The first-order valence-electron chi connectivity index (χ1n) is 8.25. The molecule has 0 amide bonds. The molecular weight excluding hydrogens is 430 g/mol. The summed E-state index contributed by atoms with van der Waals surface area (Å²) < 4.78 is 2.11. The van der Waals surface area contributed by atoms with Gasteiger partial charge in [-0.3, -0.25) is 4.79 Å². The number of halogens is 2. The number of piperidine rings is 1. The molecule has 1 N–H and O–H groups in total. The van der Waals surface area contributed by atoms with Crippen LogP contribution in [-0.2, 0) is 4.79 Å². The van der Waals surface area contributed by atoms with E-state index in [0.717, 1.165) is 14.5 Å². The predicted molar refractivity (Wildman–Crippen MR) is 105 cm³/mol. The van der Waals surface area contributed by atoms with Gasteiger partial charge in [-0.25, -0.2) is 0 Å². The molecule has 1 heterocycles. The van der Waals surface area contributed by atoms with Gasteiger partial charge in [0, 0.05) is 33.4 Å². The van der Waals surface area contributed by atoms with Crippen molar-refractivity contribution in [1.82, 2.24) is 5.32 Å². The van der Waals surface area contributed by atoms with Crippen LogP contribution in [0.15, 0.2) is 57.5 Å². The largest absolute Gasteiger partial charge is 0.302 e. The highest BCUT2D eigenvalue weighted by Gasteiger charge is 2.39. The molecule has 3 unspecified atom stereocenters. The fourth-order valence-corrected chi connectivity index (χ4v) is 4.07. The van der Waals surface area contributed by atoms with E-state index in [1.807, 2.05) is 24.3 Å². The molecule has 0 aromatic heterocycles. The summed E-state index contributed by atoms with van der Waals surface area (Å²) in [6, 6.07) is 16.6. The molecule has 0 aliphatic carbocycles. The molecule has 0 radical (unpaired) electrons. The van der Waals surface area contributed by atoms with E-state index < -0.39 is 0 Å². The van der Waals surface area contributed by atoms with Gasteiger partial charge in [-0.15, -0.1) is 0 Å². The molecular formula is C20H21Br2NO. The number of nitrogens with one attached hydrogen (secondary N) is 1. The third-order valence-electron chi connectivity index (χ3n) is 4.74. The van der Waals surface area contributed by atoms with E-state index in [4.69, 9.17) is 0 Å². The summed E-state index contributed by atoms with van der Waals surface area (Å²) in [5.41, 5.74) is 2.34. The Balaban J connectivity index is 1.93. The predicted octanol–water partition coefficient (Wildman–Crippen LogP) is 5.83. The van der Waals surface area contributed by atoms with E-state index in [2.05, 4.69) is 75.3 Å². The molecule has 0 bridgehead atoms. The number of carbonyl (C=O) groups excluding carboxylic acids is 1. The van der Waals surface area contributed by atoms with E-state index >= 15 is 0 Å². The minimum absolute atomic E-state index is 0.0119. The van der Waals surface area contributed by atoms with E-state index in [1.54, 1.807) is 0 Å². The number of hydrogen-bond acceptors (Lipinski definition) is 2. The first-order valence-corrected chi connectivity index (χ1v) is 9.84. The SMILES string of the molecule is CC(C)C1C(=O)CC(c2ccc(Br)cc2)NC1c1ccc(Br)cc1. The molecule has 24 heavy (non-hydrogen) atoms. The van der Waals surface area contributed by atoms with Gasteiger partial charge < -0.3 is 5.32 Å². The quantitative estimate of drug-likeness (QED) is 0.637. The van der Waals surface area contributed by atoms with E-state index in [-0.39, 0.29) is 18.0 Å². The van der Waals surface area contributed by atoms with Crippen LogP contribution in [0.25, 0.3) is 0 Å². The van der Waals surface area contributed by atoms with Gasteiger partial charge in [-0.1, -0.05) is 70.0 Å². The van der Waals surface area contributed by atoms with Gasteiger partial charge in [-0.2, -0.15) is 0 Å². The van der Waals surface area contributed by atoms with E-state index in [0.29, 0.717) is 18.1 Å². The van der Waals surface area contributed by atoms with Crippen LogP contribution in [-0.4, -0.2) is 5.78 Å². The van der Waals surface area contributed by atoms with Gasteiger partial charge in [-0.05, 0) is 41.3 Å². The molecule has 1 aliphatic heterocycles. The second kappa shape index (κ2) is 7.51. The maximum absolute atomic E-state index is 12.9. The van der Waals surface area contributed by atoms with Crippen LogP contribution in [0, 0.1) is 11.8 Å². The average molecular weight is 451 g/mol. The first kappa shape index (κ1) is 17.8. The summed E-state index contributed by atoms with van der Waals surface area (Å²) in [6.07, 6.45) is 0.553. The lowest BCUT2D eigenvalue weighted by Gasteiger charge is -2.39. The third-order valence-corrected chi connectivity index (χ3v) is 5.79. The van der Waals surface area contributed by atoms with Crippen molar-refractivity contribution in [1.29, 1.82) is 0 Å². The molecule has 1 fully saturated rings. The number of rotatable bonds is 3. The average Bonchev–Trinajstić information content (AvgIpc) is 2.55. The van der Waals surface area contributed by atoms with E-state index in [1.165, 1.54) is 5.56 Å². The van der Waals surface area contributed by atoms with Crippen molar-refractivity contribution < 1.29 is 4.79 Å². The standard InChI is InChI=1S/C20H21Br2NO/c1-12(2)19-18(24)11-17(13-3-7-15(21)8-4-13)23-20(19)14-5-9-16(22)10-6-14/h3-10,12,17,19-20,23H,11H2,1-2H3. The van der Waals surface area contributed by atoms with Crippen molar-refractivity contribution in [2.75, 3.05) is 0 Å². The van der Waals surface area contributed by atoms with Gasteiger partial charge in [0.1, 0.15) is 5.78 Å². The van der Waals surface area contributed by atoms with Gasteiger partial charge >= 0.3 is 0 Å². The topological polar surface area (TPSA) is 29.1 Å². The van der Waals surface area contributed by atoms with Crippen LogP contribution in [0.4, 0.5) is 0 Å². The summed E-state index contributed by atoms with van der Waals surface area (Å²) in [5, 5.41) is 3.74. The fraction of sp³-hybridized carbons (Fsp3) is 0.350. The van der Waals surface area contributed by atoms with Crippen LogP contribution in [0.3, 0.4) is 0 Å². The molecule has 2 nitrogen and oxygen atoms in total. The minimum atomic E-state index is 0.0119. The smallest absolute Gasteiger partial charge is 0.140 e. The maximum atomic E-state index is 12.9. The zero-order chi connectivity index (χ0) is 17.3. The summed E-state index contributed by atoms with van der Waals surface area (Å²) in [5.74, 6) is 0.673. The summed E-state index contributed by atoms with van der Waals surface area (Å²) >= 11 is 6.96. The van der Waals surface area contributed by atoms with Crippen molar-refractivity contribution in [3.63, 3.8) is 0 Å². The van der Waals surface area contributed by atoms with Crippen molar-refractivity contribution in [2.45, 2.75) is 32.4 Å². The van der Waals surface area contributed by atoms with Crippen LogP contribution in [0.5, 0.6) is 0 Å². The van der Waals surface area contributed by atoms with Crippen molar-refractivity contribution in [3.05, 3.63) is 68.6 Å². The molecule has 1 aliphatic rings. The Morgan fingerprint density at radius 3 is 1.92 bits per heavy atom. The Morgan fingerprint density at radius 1 is 0.917 bits per heavy atom. The van der Waals surface area contributed by atoms with Crippen LogP contribution in [0.1, 0.15) is 43.5 Å².